The van der Waals surface area contributed by atoms with Gasteiger partial charge in [0, 0.05) is 10.0 Å². The van der Waals surface area contributed by atoms with Crippen LogP contribution in [-0.2, 0) is 6.61 Å². The first-order valence-electron chi connectivity index (χ1n) is 9.14. The number of methoxy groups -OCH3 is 1. The molecule has 0 saturated carbocycles. The highest BCUT2D eigenvalue weighted by atomic mass is 79.9. The highest BCUT2D eigenvalue weighted by Gasteiger charge is 2.30. The minimum atomic E-state index is -0.123. The number of ketones is 1. The van der Waals surface area contributed by atoms with Crippen molar-refractivity contribution in [3.8, 4) is 17.2 Å². The fraction of sp³-hybridized carbons (Fsp3) is 0.125. The minimum absolute atomic E-state index is 0.123. The summed E-state index contributed by atoms with van der Waals surface area (Å²) in [5.41, 5.74) is 3.24. The van der Waals surface area contributed by atoms with Crippen molar-refractivity contribution < 1.29 is 19.0 Å². The number of rotatable bonds is 5. The van der Waals surface area contributed by atoms with Gasteiger partial charge in [0.15, 0.2) is 5.76 Å². The molecule has 0 N–H and O–H groups in total. The van der Waals surface area contributed by atoms with Crippen LogP contribution in [0, 0.1) is 6.92 Å². The van der Waals surface area contributed by atoms with E-state index in [1.165, 1.54) is 0 Å². The van der Waals surface area contributed by atoms with E-state index in [1.807, 2.05) is 61.5 Å². The van der Waals surface area contributed by atoms with Gasteiger partial charge in [-0.3, -0.25) is 4.79 Å². The van der Waals surface area contributed by atoms with Gasteiger partial charge >= 0.3 is 0 Å². The van der Waals surface area contributed by atoms with E-state index in [0.29, 0.717) is 29.4 Å². The van der Waals surface area contributed by atoms with Gasteiger partial charge in [0.2, 0.25) is 5.78 Å². The first-order chi connectivity index (χ1) is 14.0. The summed E-state index contributed by atoms with van der Waals surface area (Å²) < 4.78 is 18.1. The third-order valence-electron chi connectivity index (χ3n) is 4.71. The molecule has 1 aliphatic rings. The zero-order valence-corrected chi connectivity index (χ0v) is 17.7. The Kier molecular flexibility index (Phi) is 5.41. The van der Waals surface area contributed by atoms with Crippen LogP contribution in [-0.4, -0.2) is 12.9 Å². The number of allylic oxidation sites excluding steroid dienone is 1. The molecule has 0 atom stereocenters. The SMILES string of the molecule is COc1cccc(COc2ccc3c(c2C)O/C(=C\c2cccc(Br)c2)C3=O)c1. The quantitative estimate of drug-likeness (QED) is 0.449. The van der Waals surface area contributed by atoms with Crippen molar-refractivity contribution in [2.45, 2.75) is 13.5 Å². The van der Waals surface area contributed by atoms with Gasteiger partial charge in [-0.1, -0.05) is 40.2 Å². The predicted octanol–water partition coefficient (Wildman–Crippen LogP) is 5.96. The number of ether oxygens (including phenoxy) is 3. The highest BCUT2D eigenvalue weighted by molar-refractivity contribution is 9.10. The van der Waals surface area contributed by atoms with Gasteiger partial charge in [-0.15, -0.1) is 0 Å². The first-order valence-corrected chi connectivity index (χ1v) is 9.93. The van der Waals surface area contributed by atoms with Crippen molar-refractivity contribution in [3.05, 3.63) is 93.1 Å². The molecule has 1 heterocycles. The second kappa shape index (κ2) is 8.13. The molecular weight excluding hydrogens is 432 g/mol. The zero-order valence-electron chi connectivity index (χ0n) is 16.1. The maximum atomic E-state index is 12.7. The van der Waals surface area contributed by atoms with Crippen molar-refractivity contribution in [2.75, 3.05) is 7.11 Å². The Morgan fingerprint density at radius 1 is 1.07 bits per heavy atom. The van der Waals surface area contributed by atoms with Crippen LogP contribution in [0.3, 0.4) is 0 Å². The summed E-state index contributed by atoms with van der Waals surface area (Å²) >= 11 is 3.44. The lowest BCUT2D eigenvalue weighted by molar-refractivity contribution is 0.101. The van der Waals surface area contributed by atoms with E-state index in [-0.39, 0.29) is 5.78 Å². The summed E-state index contributed by atoms with van der Waals surface area (Å²) in [5, 5.41) is 0. The van der Waals surface area contributed by atoms with Crippen LogP contribution in [0.2, 0.25) is 0 Å². The average Bonchev–Trinajstić information content (AvgIpc) is 3.04. The van der Waals surface area contributed by atoms with Crippen molar-refractivity contribution in [2.24, 2.45) is 0 Å². The molecule has 0 unspecified atom stereocenters. The summed E-state index contributed by atoms with van der Waals surface area (Å²) in [6.07, 6.45) is 1.75. The molecule has 4 rings (SSSR count). The molecule has 0 bridgehead atoms. The predicted molar refractivity (Wildman–Crippen MR) is 116 cm³/mol. The fourth-order valence-corrected chi connectivity index (χ4v) is 3.61. The van der Waals surface area contributed by atoms with Crippen LogP contribution in [0.5, 0.6) is 17.2 Å². The third kappa shape index (κ3) is 4.05. The first kappa shape index (κ1) is 19.3. The number of carbonyl (C=O) groups excluding carboxylic acids is 1. The summed E-state index contributed by atoms with van der Waals surface area (Å²) in [7, 11) is 1.64. The monoisotopic (exact) mass is 450 g/mol. The Morgan fingerprint density at radius 3 is 2.69 bits per heavy atom. The van der Waals surface area contributed by atoms with Crippen LogP contribution < -0.4 is 14.2 Å². The molecule has 0 fully saturated rings. The van der Waals surface area contributed by atoms with Crippen molar-refractivity contribution in [1.29, 1.82) is 0 Å². The van der Waals surface area contributed by atoms with Crippen LogP contribution in [0.4, 0.5) is 0 Å². The van der Waals surface area contributed by atoms with Crippen LogP contribution in [0.15, 0.2) is 70.9 Å². The Bertz CT molecular complexity index is 1120. The maximum absolute atomic E-state index is 12.7. The lowest BCUT2D eigenvalue weighted by Crippen LogP contribution is -1.99. The standard InChI is InChI=1S/C24H19BrO4/c1-15-21(28-14-17-6-4-8-19(12-17)27-2)10-9-20-23(26)22(29-24(15)20)13-16-5-3-7-18(25)11-16/h3-13H,14H2,1-2H3/b22-13-. The minimum Gasteiger partial charge on any atom is -0.497 e. The third-order valence-corrected chi connectivity index (χ3v) is 5.20. The highest BCUT2D eigenvalue weighted by Crippen LogP contribution is 2.39. The normalized spacial score (nSPS) is 13.9. The van der Waals surface area contributed by atoms with Gasteiger partial charge in [0.05, 0.1) is 12.7 Å². The topological polar surface area (TPSA) is 44.8 Å². The van der Waals surface area contributed by atoms with Crippen LogP contribution >= 0.6 is 15.9 Å². The van der Waals surface area contributed by atoms with Gasteiger partial charge < -0.3 is 14.2 Å². The molecule has 0 saturated heterocycles. The van der Waals surface area contributed by atoms with Crippen LogP contribution in [0.25, 0.3) is 6.08 Å². The van der Waals surface area contributed by atoms with Gasteiger partial charge in [-0.25, -0.2) is 0 Å². The second-order valence-electron chi connectivity index (χ2n) is 6.70. The molecule has 146 valence electrons. The number of hydrogen-bond acceptors (Lipinski definition) is 4. The van der Waals surface area contributed by atoms with Crippen LogP contribution in [0.1, 0.15) is 27.0 Å². The van der Waals surface area contributed by atoms with Crippen molar-refractivity contribution in [3.63, 3.8) is 0 Å². The summed E-state index contributed by atoms with van der Waals surface area (Å²) in [6, 6.07) is 19.0. The Labute approximate surface area is 177 Å². The van der Waals surface area contributed by atoms with E-state index in [1.54, 1.807) is 19.3 Å². The van der Waals surface area contributed by atoms with Gasteiger partial charge in [-0.05, 0) is 60.5 Å². The van der Waals surface area contributed by atoms with Gasteiger partial charge in [0.1, 0.15) is 23.9 Å². The Hall–Kier alpha value is -3.05. The van der Waals surface area contributed by atoms with Gasteiger partial charge in [-0.2, -0.15) is 0 Å². The number of fused-ring (bicyclic) bond motifs is 1. The van der Waals surface area contributed by atoms with Gasteiger partial charge in [0.25, 0.3) is 0 Å². The molecule has 0 aliphatic carbocycles. The molecule has 3 aromatic carbocycles. The lowest BCUT2D eigenvalue weighted by atomic mass is 10.1. The summed E-state index contributed by atoms with van der Waals surface area (Å²) in [6.45, 7) is 2.29. The molecule has 5 heteroatoms. The van der Waals surface area contributed by atoms with E-state index in [0.717, 1.165) is 26.9 Å². The number of halogens is 1. The lowest BCUT2D eigenvalue weighted by Gasteiger charge is -2.12. The van der Waals surface area contributed by atoms with Crippen molar-refractivity contribution >= 4 is 27.8 Å². The molecule has 29 heavy (non-hydrogen) atoms. The zero-order chi connectivity index (χ0) is 20.4. The Balaban J connectivity index is 1.56. The number of carbonyl (C=O) groups is 1. The van der Waals surface area contributed by atoms with E-state index >= 15 is 0 Å². The molecule has 0 radical (unpaired) electrons. The molecule has 0 amide bonds. The molecular formula is C24H19BrO4. The molecule has 3 aromatic rings. The van der Waals surface area contributed by atoms with E-state index < -0.39 is 0 Å². The maximum Gasteiger partial charge on any atom is 0.231 e. The second-order valence-corrected chi connectivity index (χ2v) is 7.62. The molecule has 0 spiro atoms. The van der Waals surface area contributed by atoms with Crippen molar-refractivity contribution in [1.82, 2.24) is 0 Å². The molecule has 4 nitrogen and oxygen atoms in total. The number of benzene rings is 3. The Morgan fingerprint density at radius 2 is 1.90 bits per heavy atom. The number of hydrogen-bond donors (Lipinski definition) is 0. The van der Waals surface area contributed by atoms with E-state index in [4.69, 9.17) is 14.2 Å². The summed E-state index contributed by atoms with van der Waals surface area (Å²) in [5.74, 6) is 2.21. The number of Topliss-reactive ketones (excluding diaryl/α,β-unsaturated/α-hetero) is 1. The molecule has 1 aliphatic heterocycles. The fourth-order valence-electron chi connectivity index (χ4n) is 3.20. The van der Waals surface area contributed by atoms with E-state index in [2.05, 4.69) is 15.9 Å². The average molecular weight is 451 g/mol. The molecule has 0 aromatic heterocycles. The largest absolute Gasteiger partial charge is 0.497 e. The van der Waals surface area contributed by atoms with E-state index in [9.17, 15) is 4.79 Å². The summed E-state index contributed by atoms with van der Waals surface area (Å²) in [4.78, 5) is 12.7. The smallest absolute Gasteiger partial charge is 0.231 e.